The molecule has 0 saturated heterocycles. The maximum absolute atomic E-state index is 13.2. The molecule has 0 bridgehead atoms. The summed E-state index contributed by atoms with van der Waals surface area (Å²) in [4.78, 5) is 30.9. The zero-order chi connectivity index (χ0) is 27.1. The molecule has 0 saturated carbocycles. The molecule has 0 amide bonds. The lowest BCUT2D eigenvalue weighted by molar-refractivity contribution is 0.584. The van der Waals surface area contributed by atoms with Crippen LogP contribution in [0, 0.1) is 11.9 Å². The van der Waals surface area contributed by atoms with Gasteiger partial charge < -0.3 is 9.97 Å². The predicted octanol–water partition coefficient (Wildman–Crippen LogP) is 6.62. The number of H-pyrrole nitrogens is 2. The van der Waals surface area contributed by atoms with Gasteiger partial charge >= 0.3 is 0 Å². The fourth-order valence-corrected chi connectivity index (χ4v) is 4.68. The molecule has 2 N–H and O–H groups in total. The van der Waals surface area contributed by atoms with E-state index in [1.54, 1.807) is 24.5 Å². The average Bonchev–Trinajstić information content (AvgIpc) is 3.55. The summed E-state index contributed by atoms with van der Waals surface area (Å²) < 4.78 is 26.4. The Hall–Kier alpha value is -5.64. The molecule has 0 spiro atoms. The highest BCUT2D eigenvalue weighted by Gasteiger charge is 2.09. The molecule has 40 heavy (non-hydrogen) atoms. The highest BCUT2D eigenvalue weighted by molar-refractivity contribution is 6.06. The van der Waals surface area contributed by atoms with E-state index in [-0.39, 0.29) is 0 Å². The van der Waals surface area contributed by atoms with Gasteiger partial charge in [-0.15, -0.1) is 0 Å². The van der Waals surface area contributed by atoms with E-state index in [4.69, 9.17) is 0 Å². The summed E-state index contributed by atoms with van der Waals surface area (Å²) in [5.74, 6) is -1.02. The van der Waals surface area contributed by atoms with Crippen LogP contribution < -0.4 is 0 Å². The van der Waals surface area contributed by atoms with Crippen LogP contribution in [-0.4, -0.2) is 39.9 Å². The summed E-state index contributed by atoms with van der Waals surface area (Å²) >= 11 is 0. The van der Waals surface area contributed by atoms with Crippen LogP contribution in [0.15, 0.2) is 97.8 Å². The molecular formula is C30H18F2N8. The average molecular weight is 528 g/mol. The van der Waals surface area contributed by atoms with Crippen molar-refractivity contribution in [2.75, 3.05) is 0 Å². The van der Waals surface area contributed by atoms with Crippen molar-refractivity contribution in [1.82, 2.24) is 39.9 Å². The van der Waals surface area contributed by atoms with Gasteiger partial charge in [0, 0.05) is 82.0 Å². The number of nitrogens with one attached hydrogen (secondary N) is 2. The Morgan fingerprint density at radius 2 is 0.975 bits per heavy atom. The summed E-state index contributed by atoms with van der Waals surface area (Å²) in [6.45, 7) is 0. The molecule has 8 aromatic heterocycles. The van der Waals surface area contributed by atoms with Crippen molar-refractivity contribution in [3.63, 3.8) is 0 Å². The van der Waals surface area contributed by atoms with Crippen molar-refractivity contribution in [1.29, 1.82) is 0 Å². The molecule has 8 heterocycles. The largest absolute Gasteiger partial charge is 0.339 e. The molecule has 8 aromatic rings. The first-order valence-electron chi connectivity index (χ1n) is 12.3. The van der Waals surface area contributed by atoms with Crippen LogP contribution in [0.4, 0.5) is 8.78 Å². The molecule has 0 aliphatic rings. The molecule has 8 nitrogen and oxygen atoms in total. The lowest BCUT2D eigenvalue weighted by Crippen LogP contribution is -1.87. The van der Waals surface area contributed by atoms with Crippen LogP contribution in [0.25, 0.3) is 66.4 Å². The lowest BCUT2D eigenvalue weighted by Gasteiger charge is -2.00. The van der Waals surface area contributed by atoms with E-state index >= 15 is 0 Å². The Bertz CT molecular complexity index is 2010. The molecular weight excluding hydrogens is 509 g/mol. The van der Waals surface area contributed by atoms with E-state index in [0.29, 0.717) is 22.5 Å². The molecule has 8 rings (SSSR count). The summed E-state index contributed by atoms with van der Waals surface area (Å²) in [6.07, 6.45) is 9.95. The number of hydrogen-bond donors (Lipinski definition) is 2. The number of nitrogens with zero attached hydrogens (tertiary/aromatic N) is 6. The number of aromatic nitrogens is 8. The van der Waals surface area contributed by atoms with Crippen molar-refractivity contribution in [2.45, 2.75) is 0 Å². The second kappa shape index (κ2) is 9.59. The fourth-order valence-electron chi connectivity index (χ4n) is 4.68. The summed E-state index contributed by atoms with van der Waals surface area (Å²) in [6, 6.07) is 17.7. The third-order valence-corrected chi connectivity index (χ3v) is 6.56. The van der Waals surface area contributed by atoms with E-state index in [1.807, 2.05) is 48.8 Å². The number of rotatable bonds is 2. The van der Waals surface area contributed by atoms with Gasteiger partial charge in [-0.05, 0) is 48.5 Å². The van der Waals surface area contributed by atoms with Crippen LogP contribution in [0.1, 0.15) is 0 Å². The zero-order valence-electron chi connectivity index (χ0n) is 20.7. The van der Waals surface area contributed by atoms with E-state index in [9.17, 15) is 8.78 Å². The van der Waals surface area contributed by atoms with Crippen molar-refractivity contribution in [3.05, 3.63) is 110 Å². The van der Waals surface area contributed by atoms with Crippen LogP contribution in [0.2, 0.25) is 0 Å². The van der Waals surface area contributed by atoms with Crippen molar-refractivity contribution >= 4 is 43.9 Å². The normalized spacial score (nSPS) is 11.2. The third-order valence-electron chi connectivity index (χ3n) is 6.56. The first kappa shape index (κ1) is 23.5. The topological polar surface area (TPSA) is 109 Å². The van der Waals surface area contributed by atoms with E-state index < -0.39 is 11.9 Å². The van der Waals surface area contributed by atoms with Gasteiger partial charge in [0.05, 0.1) is 22.4 Å². The summed E-state index contributed by atoms with van der Waals surface area (Å²) in [7, 11) is 0. The lowest BCUT2D eigenvalue weighted by atomic mass is 10.1. The molecule has 192 valence electrons. The zero-order valence-corrected chi connectivity index (χ0v) is 20.7. The Kier molecular flexibility index (Phi) is 5.63. The highest BCUT2D eigenvalue weighted by atomic mass is 19.1. The predicted molar refractivity (Wildman–Crippen MR) is 149 cm³/mol. The van der Waals surface area contributed by atoms with E-state index in [1.165, 1.54) is 24.5 Å². The molecule has 0 aliphatic carbocycles. The van der Waals surface area contributed by atoms with Gasteiger partial charge in [0.25, 0.3) is 0 Å². The third kappa shape index (κ3) is 4.27. The molecule has 0 unspecified atom stereocenters. The molecule has 0 aromatic carbocycles. The van der Waals surface area contributed by atoms with Gasteiger partial charge in [-0.1, -0.05) is 0 Å². The molecule has 0 atom stereocenters. The minimum Gasteiger partial charge on any atom is -0.339 e. The summed E-state index contributed by atoms with van der Waals surface area (Å²) in [5.41, 5.74) is 6.33. The highest BCUT2D eigenvalue weighted by Crippen LogP contribution is 2.27. The first-order valence-corrected chi connectivity index (χ1v) is 12.3. The first-order chi connectivity index (χ1) is 19.6. The van der Waals surface area contributed by atoms with E-state index in [0.717, 1.165) is 43.9 Å². The van der Waals surface area contributed by atoms with Crippen LogP contribution >= 0.6 is 0 Å². The molecule has 10 heteroatoms. The monoisotopic (exact) mass is 527 g/mol. The molecule has 0 fully saturated rings. The Morgan fingerprint density at radius 3 is 1.43 bits per heavy atom. The van der Waals surface area contributed by atoms with Gasteiger partial charge in [-0.2, -0.15) is 8.78 Å². The van der Waals surface area contributed by atoms with Gasteiger partial charge in [-0.3, -0.25) is 9.97 Å². The van der Waals surface area contributed by atoms with Gasteiger partial charge in [0.15, 0.2) is 0 Å². The molecule has 0 radical (unpaired) electrons. The maximum Gasteiger partial charge on any atom is 0.213 e. The standard InChI is InChI=1S/2C15H9FN4/c2*16-14-7-9(3-6-18-14)12-2-1-10-11-8-17-5-4-13(11)20-15(10)19-12/h2*1-8H,(H,19,20)/i16-1;. The minimum absolute atomic E-state index is 0.509. The second-order valence-electron chi connectivity index (χ2n) is 9.01. The van der Waals surface area contributed by atoms with Gasteiger partial charge in [0.2, 0.25) is 11.9 Å². The van der Waals surface area contributed by atoms with Crippen LogP contribution in [-0.2, 0) is 0 Å². The number of pyridine rings is 6. The van der Waals surface area contributed by atoms with Crippen LogP contribution in [0.5, 0.6) is 0 Å². The SMILES string of the molecule is Fc1cc(-c2ccc3c(n2)[nH]c2ccncc23)ccn1.[18F]c1cc(-c2ccc3c(n2)[nH]c2ccncc23)ccn1. The number of halogens is 2. The summed E-state index contributed by atoms with van der Waals surface area (Å²) in [5, 5.41) is 4.07. The van der Waals surface area contributed by atoms with Gasteiger partial charge in [0.1, 0.15) is 11.3 Å². The van der Waals surface area contributed by atoms with Gasteiger partial charge in [-0.25, -0.2) is 19.9 Å². The minimum atomic E-state index is -0.509. The van der Waals surface area contributed by atoms with E-state index in [2.05, 4.69) is 39.9 Å². The van der Waals surface area contributed by atoms with Crippen molar-refractivity contribution in [2.24, 2.45) is 0 Å². The Morgan fingerprint density at radius 1 is 0.500 bits per heavy atom. The number of fused-ring (bicyclic) bond motifs is 6. The van der Waals surface area contributed by atoms with Crippen molar-refractivity contribution < 1.29 is 8.78 Å². The Labute approximate surface area is 224 Å². The maximum atomic E-state index is 13.2. The fraction of sp³-hybridized carbons (Fsp3) is 0. The molecule has 0 aliphatic heterocycles. The van der Waals surface area contributed by atoms with Crippen molar-refractivity contribution in [3.8, 4) is 22.5 Å². The second-order valence-corrected chi connectivity index (χ2v) is 9.01. The van der Waals surface area contributed by atoms with Crippen LogP contribution in [0.3, 0.4) is 0 Å². The number of hydrogen-bond acceptors (Lipinski definition) is 6. The number of aromatic amines is 2. The quantitative estimate of drug-likeness (QED) is 0.245. The smallest absolute Gasteiger partial charge is 0.213 e. The Balaban J connectivity index is 0.000000132.